The molecule has 16 heavy (non-hydrogen) atoms. The minimum atomic E-state index is 0.937. The van der Waals surface area contributed by atoms with Crippen molar-refractivity contribution in [2.75, 3.05) is 6.26 Å². The highest BCUT2D eigenvalue weighted by molar-refractivity contribution is 7.97. The van der Waals surface area contributed by atoms with E-state index in [1.165, 1.54) is 11.9 Å². The Morgan fingerprint density at radius 2 is 1.81 bits per heavy atom. The van der Waals surface area contributed by atoms with Gasteiger partial charge in [0.05, 0.1) is 0 Å². The van der Waals surface area contributed by atoms with Crippen LogP contribution in [0.2, 0.25) is 0 Å². The molecule has 0 N–H and O–H groups in total. The topological polar surface area (TPSA) is 24.7 Å². The fraction of sp³-hybridized carbons (Fsp3) is 0.385. The number of hydrogen-bond acceptors (Lipinski definition) is 3. The first-order valence-corrected chi connectivity index (χ1v) is 6.31. The summed E-state index contributed by atoms with van der Waals surface area (Å²) >= 11 is 1.42. The lowest BCUT2D eigenvalue weighted by Gasteiger charge is -2.02. The van der Waals surface area contributed by atoms with Crippen molar-refractivity contribution in [1.29, 1.82) is 0 Å². The van der Waals surface area contributed by atoms with Gasteiger partial charge in [-0.2, -0.15) is 0 Å². The molecule has 0 saturated heterocycles. The van der Waals surface area contributed by atoms with Gasteiger partial charge in [0.25, 0.3) is 0 Å². The van der Waals surface area contributed by atoms with E-state index in [0.717, 1.165) is 22.4 Å². The molecule has 0 atom stereocenters. The van der Waals surface area contributed by atoms with Gasteiger partial charge in [0.1, 0.15) is 0 Å². The second kappa shape index (κ2) is 8.11. The fourth-order valence-electron chi connectivity index (χ4n) is 0.961. The number of allylic oxidation sites excluding steroid dienone is 5. The SMILES string of the molecule is C=C(C)\C(C=NSC)=C(C)/N=C\C(C)=C/C. The van der Waals surface area contributed by atoms with Crippen molar-refractivity contribution in [1.82, 2.24) is 0 Å². The van der Waals surface area contributed by atoms with Gasteiger partial charge in [0.15, 0.2) is 0 Å². The van der Waals surface area contributed by atoms with Gasteiger partial charge in [0.2, 0.25) is 0 Å². The van der Waals surface area contributed by atoms with Gasteiger partial charge in [-0.15, -0.1) is 0 Å². The van der Waals surface area contributed by atoms with Crippen LogP contribution in [0.15, 0.2) is 44.5 Å². The van der Waals surface area contributed by atoms with Crippen molar-refractivity contribution in [3.8, 4) is 0 Å². The molecule has 0 aliphatic heterocycles. The third-order valence-electron chi connectivity index (χ3n) is 2.05. The summed E-state index contributed by atoms with van der Waals surface area (Å²) in [6.07, 6.45) is 7.61. The Labute approximate surface area is 103 Å². The maximum atomic E-state index is 4.39. The second-order valence-corrected chi connectivity index (χ2v) is 4.06. The second-order valence-electron chi connectivity index (χ2n) is 3.49. The zero-order valence-corrected chi connectivity index (χ0v) is 11.6. The largest absolute Gasteiger partial charge is 0.261 e. The van der Waals surface area contributed by atoms with Gasteiger partial charge in [-0.05, 0) is 50.8 Å². The Morgan fingerprint density at radius 1 is 1.19 bits per heavy atom. The highest BCUT2D eigenvalue weighted by Crippen LogP contribution is 2.13. The molecule has 0 aromatic heterocycles. The van der Waals surface area contributed by atoms with Crippen LogP contribution < -0.4 is 0 Å². The van der Waals surface area contributed by atoms with Crippen LogP contribution in [0.25, 0.3) is 0 Å². The van der Waals surface area contributed by atoms with Gasteiger partial charge >= 0.3 is 0 Å². The van der Waals surface area contributed by atoms with Crippen LogP contribution in [-0.2, 0) is 0 Å². The van der Waals surface area contributed by atoms with Gasteiger partial charge in [-0.1, -0.05) is 12.7 Å². The van der Waals surface area contributed by atoms with Crippen LogP contribution in [0.1, 0.15) is 27.7 Å². The monoisotopic (exact) mass is 236 g/mol. The van der Waals surface area contributed by atoms with Crippen LogP contribution in [0.3, 0.4) is 0 Å². The van der Waals surface area contributed by atoms with E-state index in [0.29, 0.717) is 0 Å². The number of rotatable bonds is 5. The Balaban J connectivity index is 5.05. The van der Waals surface area contributed by atoms with E-state index in [1.54, 1.807) is 0 Å². The van der Waals surface area contributed by atoms with Crippen molar-refractivity contribution in [2.24, 2.45) is 9.39 Å². The van der Waals surface area contributed by atoms with Crippen LogP contribution >= 0.6 is 11.9 Å². The van der Waals surface area contributed by atoms with Crippen molar-refractivity contribution < 1.29 is 0 Å². The van der Waals surface area contributed by atoms with Gasteiger partial charge in [-0.3, -0.25) is 4.99 Å². The molecule has 0 aliphatic rings. The van der Waals surface area contributed by atoms with Gasteiger partial charge in [-0.25, -0.2) is 4.40 Å². The van der Waals surface area contributed by atoms with Crippen LogP contribution in [0.5, 0.6) is 0 Å². The molecule has 0 spiro atoms. The molecule has 0 radical (unpaired) electrons. The molecule has 0 heterocycles. The molecular weight excluding hydrogens is 216 g/mol. The first-order valence-electron chi connectivity index (χ1n) is 5.13. The Morgan fingerprint density at radius 3 is 2.25 bits per heavy atom. The highest BCUT2D eigenvalue weighted by atomic mass is 32.2. The maximum Gasteiger partial charge on any atom is 0.0463 e. The molecule has 0 unspecified atom stereocenters. The standard InChI is InChI=1S/C13H20N2S/c1-7-11(4)8-14-12(5)13(10(2)3)9-15-16-6/h7-9H,2H2,1,3-6H3/b11-7-,13-12-,14-8-,15-9?. The van der Waals surface area contributed by atoms with E-state index in [-0.39, 0.29) is 0 Å². The number of hydrogen-bond donors (Lipinski definition) is 0. The summed E-state index contributed by atoms with van der Waals surface area (Å²) in [7, 11) is 0. The number of nitrogens with zero attached hydrogens (tertiary/aromatic N) is 2. The molecule has 0 bridgehead atoms. The quantitative estimate of drug-likeness (QED) is 0.398. The summed E-state index contributed by atoms with van der Waals surface area (Å²) in [6.45, 7) is 11.9. The Bertz CT molecular complexity index is 360. The van der Waals surface area contributed by atoms with E-state index in [2.05, 4.69) is 16.0 Å². The fourth-order valence-corrected chi connectivity index (χ4v) is 1.17. The highest BCUT2D eigenvalue weighted by Gasteiger charge is 1.99. The predicted molar refractivity (Wildman–Crippen MR) is 77.4 cm³/mol. The van der Waals surface area contributed by atoms with Crippen molar-refractivity contribution in [2.45, 2.75) is 27.7 Å². The molecule has 0 saturated carbocycles. The van der Waals surface area contributed by atoms with E-state index >= 15 is 0 Å². The summed E-state index contributed by atoms with van der Waals surface area (Å²) in [6, 6.07) is 0. The minimum Gasteiger partial charge on any atom is -0.261 e. The van der Waals surface area contributed by atoms with Crippen LogP contribution in [0, 0.1) is 0 Å². The lowest BCUT2D eigenvalue weighted by atomic mass is 10.1. The average Bonchev–Trinajstić information content (AvgIpc) is 2.25. The smallest absolute Gasteiger partial charge is 0.0463 e. The van der Waals surface area contributed by atoms with E-state index in [4.69, 9.17) is 0 Å². The third-order valence-corrected chi connectivity index (χ3v) is 2.37. The van der Waals surface area contributed by atoms with E-state index in [1.807, 2.05) is 52.5 Å². The molecule has 0 aromatic carbocycles. The molecule has 0 aliphatic carbocycles. The van der Waals surface area contributed by atoms with Crippen molar-refractivity contribution in [3.63, 3.8) is 0 Å². The molecule has 2 nitrogen and oxygen atoms in total. The molecular formula is C13H20N2S. The number of aliphatic imine (C=N–C) groups is 1. The summed E-state index contributed by atoms with van der Waals surface area (Å²) < 4.78 is 4.15. The van der Waals surface area contributed by atoms with Crippen molar-refractivity contribution >= 4 is 24.4 Å². The zero-order valence-electron chi connectivity index (χ0n) is 10.7. The maximum absolute atomic E-state index is 4.39. The van der Waals surface area contributed by atoms with E-state index < -0.39 is 0 Å². The van der Waals surface area contributed by atoms with E-state index in [9.17, 15) is 0 Å². The first-order chi connectivity index (χ1) is 7.52. The zero-order chi connectivity index (χ0) is 12.6. The van der Waals surface area contributed by atoms with Crippen LogP contribution in [0.4, 0.5) is 0 Å². The normalized spacial score (nSPS) is 14.7. The molecule has 0 amide bonds. The summed E-state index contributed by atoms with van der Waals surface area (Å²) in [4.78, 5) is 4.39. The minimum absolute atomic E-state index is 0.937. The molecule has 88 valence electrons. The van der Waals surface area contributed by atoms with Gasteiger partial charge < -0.3 is 0 Å². The summed E-state index contributed by atoms with van der Waals surface area (Å²) in [5.74, 6) is 0. The lowest BCUT2D eigenvalue weighted by molar-refractivity contribution is 1.26. The summed E-state index contributed by atoms with van der Waals surface area (Å²) in [5, 5.41) is 0. The molecule has 0 rings (SSSR count). The molecule has 3 heteroatoms. The molecule has 0 fully saturated rings. The first kappa shape index (κ1) is 14.9. The van der Waals surface area contributed by atoms with Crippen LogP contribution in [-0.4, -0.2) is 18.7 Å². The van der Waals surface area contributed by atoms with Crippen molar-refractivity contribution in [3.05, 3.63) is 35.1 Å². The van der Waals surface area contributed by atoms with Gasteiger partial charge in [0, 0.05) is 30.0 Å². The average molecular weight is 236 g/mol. The lowest BCUT2D eigenvalue weighted by Crippen LogP contribution is -1.91. The molecule has 0 aromatic rings. The summed E-state index contributed by atoms with van der Waals surface area (Å²) in [5.41, 5.74) is 4.05. The Hall–Kier alpha value is -1.09. The Kier molecular flexibility index (Phi) is 7.56. The third kappa shape index (κ3) is 5.71. The predicted octanol–water partition coefficient (Wildman–Crippen LogP) is 4.22.